The first-order valence-corrected chi connectivity index (χ1v) is 12.7. The normalized spacial score (nSPS) is 23.9. The lowest BCUT2D eigenvalue weighted by molar-refractivity contribution is -0.123. The summed E-state index contributed by atoms with van der Waals surface area (Å²) in [5.74, 6) is 3.16. The number of piperidine rings is 1. The van der Waals surface area contributed by atoms with E-state index in [9.17, 15) is 9.18 Å². The predicted molar refractivity (Wildman–Crippen MR) is 131 cm³/mol. The number of ether oxygens (including phenoxy) is 1. The van der Waals surface area contributed by atoms with Gasteiger partial charge in [-0.15, -0.1) is 10.2 Å². The summed E-state index contributed by atoms with van der Waals surface area (Å²) in [6.45, 7) is 9.89. The summed E-state index contributed by atoms with van der Waals surface area (Å²) in [4.78, 5) is 14.0. The van der Waals surface area contributed by atoms with E-state index in [0.717, 1.165) is 38.9 Å². The first-order chi connectivity index (χ1) is 16.8. The van der Waals surface area contributed by atoms with Gasteiger partial charge in [0.1, 0.15) is 11.6 Å². The molecule has 1 aliphatic carbocycles. The van der Waals surface area contributed by atoms with Crippen molar-refractivity contribution in [1.82, 2.24) is 15.1 Å². The summed E-state index contributed by atoms with van der Waals surface area (Å²) in [6.07, 6.45) is 5.99. The molecule has 0 bridgehead atoms. The van der Waals surface area contributed by atoms with Crippen LogP contribution < -0.4 is 10.5 Å². The van der Waals surface area contributed by atoms with Crippen molar-refractivity contribution in [3.63, 3.8) is 0 Å². The number of allylic oxidation sites excluding steroid dienone is 1. The van der Waals surface area contributed by atoms with Crippen LogP contribution in [-0.4, -0.2) is 40.6 Å². The minimum atomic E-state index is -0.303. The fraction of sp³-hybridized carbons (Fsp3) is 0.593. The van der Waals surface area contributed by atoms with Gasteiger partial charge >= 0.3 is 0 Å². The molecule has 3 unspecified atom stereocenters. The Bertz CT molecular complexity index is 1010. The topological polar surface area (TPSA) is 94.5 Å². The second kappa shape index (κ2) is 11.3. The van der Waals surface area contributed by atoms with Crippen molar-refractivity contribution in [1.29, 1.82) is 0 Å². The number of benzene rings is 1. The van der Waals surface area contributed by atoms with Crippen molar-refractivity contribution in [2.45, 2.75) is 53.1 Å². The average molecular weight is 485 g/mol. The standard InChI is InChI=1S/C27H37FN4O3/c1-17(2)24-13-20(18(3)12-21(24)15-32-10-8-19(9-11-32)27(29)33)14-25-30-31-26(35-25)16-34-23-6-4-22(28)5-7-23/h4-7,12,17,19-21,24H,8-11,13-16H2,1-3H3,(H2,29,33). The van der Waals surface area contributed by atoms with Gasteiger partial charge in [0.2, 0.25) is 11.8 Å². The zero-order valence-corrected chi connectivity index (χ0v) is 21.0. The van der Waals surface area contributed by atoms with Crippen LogP contribution in [0.5, 0.6) is 5.75 Å². The smallest absolute Gasteiger partial charge is 0.253 e. The van der Waals surface area contributed by atoms with Crippen molar-refractivity contribution < 1.29 is 18.3 Å². The van der Waals surface area contributed by atoms with Crippen LogP contribution in [0.3, 0.4) is 0 Å². The molecule has 1 saturated heterocycles. The Labute approximate surface area is 206 Å². The Kier molecular flexibility index (Phi) is 8.21. The number of nitrogens with two attached hydrogens (primary N) is 1. The largest absolute Gasteiger partial charge is 0.484 e. The first kappa shape index (κ1) is 25.4. The van der Waals surface area contributed by atoms with Gasteiger partial charge in [-0.2, -0.15) is 0 Å². The average Bonchev–Trinajstić information content (AvgIpc) is 3.28. The summed E-state index contributed by atoms with van der Waals surface area (Å²) >= 11 is 0. The van der Waals surface area contributed by atoms with Gasteiger partial charge in [0.25, 0.3) is 5.89 Å². The highest BCUT2D eigenvalue weighted by Gasteiger charge is 2.34. The Morgan fingerprint density at radius 1 is 1.20 bits per heavy atom. The molecule has 2 aliphatic rings. The van der Waals surface area contributed by atoms with Gasteiger partial charge in [0, 0.05) is 18.9 Å². The number of nitrogens with zero attached hydrogens (tertiary/aromatic N) is 3. The summed E-state index contributed by atoms with van der Waals surface area (Å²) in [7, 11) is 0. The zero-order valence-electron chi connectivity index (χ0n) is 21.0. The Morgan fingerprint density at radius 2 is 1.89 bits per heavy atom. The fourth-order valence-corrected chi connectivity index (χ4v) is 5.50. The molecule has 1 aromatic heterocycles. The molecule has 2 heterocycles. The molecular weight excluding hydrogens is 447 g/mol. The van der Waals surface area contributed by atoms with E-state index in [1.165, 1.54) is 17.7 Å². The Morgan fingerprint density at radius 3 is 2.54 bits per heavy atom. The molecule has 7 nitrogen and oxygen atoms in total. The summed E-state index contributed by atoms with van der Waals surface area (Å²) in [6, 6.07) is 5.86. The van der Waals surface area contributed by atoms with Crippen LogP contribution in [0.2, 0.25) is 0 Å². The number of carbonyl (C=O) groups is 1. The Balaban J connectivity index is 1.34. The number of rotatable bonds is 9. The fourth-order valence-electron chi connectivity index (χ4n) is 5.50. The summed E-state index contributed by atoms with van der Waals surface area (Å²) in [5, 5.41) is 8.37. The third-order valence-corrected chi connectivity index (χ3v) is 7.65. The number of halogens is 1. The third kappa shape index (κ3) is 6.69. The monoisotopic (exact) mass is 484 g/mol. The maximum absolute atomic E-state index is 13.0. The number of hydrogen-bond donors (Lipinski definition) is 1. The minimum Gasteiger partial charge on any atom is -0.484 e. The number of hydrogen-bond acceptors (Lipinski definition) is 6. The van der Waals surface area contributed by atoms with E-state index in [4.69, 9.17) is 14.9 Å². The number of primary amides is 1. The van der Waals surface area contributed by atoms with E-state index >= 15 is 0 Å². The zero-order chi connectivity index (χ0) is 24.9. The lowest BCUT2D eigenvalue weighted by Crippen LogP contribution is -2.43. The van der Waals surface area contributed by atoms with Gasteiger partial charge in [-0.1, -0.05) is 25.5 Å². The van der Waals surface area contributed by atoms with Crippen molar-refractivity contribution in [2.75, 3.05) is 19.6 Å². The molecule has 35 heavy (non-hydrogen) atoms. The number of aromatic nitrogens is 2. The maximum atomic E-state index is 13.0. The maximum Gasteiger partial charge on any atom is 0.253 e. The number of amides is 1. The molecule has 1 aliphatic heterocycles. The molecule has 0 saturated carbocycles. The van der Waals surface area contributed by atoms with Gasteiger partial charge < -0.3 is 19.8 Å². The van der Waals surface area contributed by atoms with Crippen LogP contribution in [0, 0.1) is 35.4 Å². The van der Waals surface area contributed by atoms with Gasteiger partial charge in [-0.05, 0) is 87.2 Å². The van der Waals surface area contributed by atoms with Crippen LogP contribution >= 0.6 is 0 Å². The van der Waals surface area contributed by atoms with Crippen molar-refractivity contribution >= 4 is 5.91 Å². The summed E-state index contributed by atoms with van der Waals surface area (Å²) < 4.78 is 24.5. The van der Waals surface area contributed by atoms with Crippen LogP contribution in [0.4, 0.5) is 4.39 Å². The quantitative estimate of drug-likeness (QED) is 0.531. The molecular formula is C27H37FN4O3. The minimum absolute atomic E-state index is 0.0283. The highest BCUT2D eigenvalue weighted by atomic mass is 19.1. The highest BCUT2D eigenvalue weighted by molar-refractivity contribution is 5.76. The SMILES string of the molecule is CC1=CC(CN2CCC(C(N)=O)CC2)C(C(C)C)CC1Cc1nnc(COc2ccc(F)cc2)o1. The molecule has 4 rings (SSSR count). The highest BCUT2D eigenvalue weighted by Crippen LogP contribution is 2.39. The molecule has 1 aromatic carbocycles. The molecule has 0 spiro atoms. The van der Waals surface area contributed by atoms with Crippen molar-refractivity contribution in [2.24, 2.45) is 35.3 Å². The molecule has 1 amide bonds. The van der Waals surface area contributed by atoms with E-state index in [2.05, 4.69) is 41.9 Å². The first-order valence-electron chi connectivity index (χ1n) is 12.7. The van der Waals surface area contributed by atoms with Crippen LogP contribution in [-0.2, 0) is 17.8 Å². The number of carbonyl (C=O) groups excluding carboxylic acids is 1. The predicted octanol–water partition coefficient (Wildman–Crippen LogP) is 4.38. The van der Waals surface area contributed by atoms with Gasteiger partial charge in [-0.3, -0.25) is 4.79 Å². The molecule has 1 fully saturated rings. The van der Waals surface area contributed by atoms with Crippen molar-refractivity contribution in [3.05, 3.63) is 53.5 Å². The molecule has 2 N–H and O–H groups in total. The summed E-state index contributed by atoms with van der Waals surface area (Å²) in [5.41, 5.74) is 6.88. The van der Waals surface area contributed by atoms with Crippen LogP contribution in [0.1, 0.15) is 51.8 Å². The second-order valence-corrected chi connectivity index (χ2v) is 10.4. The van der Waals surface area contributed by atoms with E-state index in [1.807, 2.05) is 0 Å². The lowest BCUT2D eigenvalue weighted by atomic mass is 9.69. The van der Waals surface area contributed by atoms with Crippen LogP contribution in [0.25, 0.3) is 0 Å². The van der Waals surface area contributed by atoms with Crippen molar-refractivity contribution in [3.8, 4) is 5.75 Å². The van der Waals surface area contributed by atoms with E-state index in [1.54, 1.807) is 12.1 Å². The van der Waals surface area contributed by atoms with Gasteiger partial charge in [0.15, 0.2) is 6.61 Å². The lowest BCUT2D eigenvalue weighted by Gasteiger charge is -2.40. The molecule has 3 atom stereocenters. The van der Waals surface area contributed by atoms with E-state index in [-0.39, 0.29) is 24.2 Å². The van der Waals surface area contributed by atoms with Crippen LogP contribution in [0.15, 0.2) is 40.3 Å². The number of likely N-dealkylation sites (tertiary alicyclic amines) is 1. The molecule has 190 valence electrons. The van der Waals surface area contributed by atoms with Gasteiger partial charge in [-0.25, -0.2) is 4.39 Å². The molecule has 0 radical (unpaired) electrons. The molecule has 2 aromatic rings. The second-order valence-electron chi connectivity index (χ2n) is 10.4. The van der Waals surface area contributed by atoms with E-state index in [0.29, 0.717) is 47.6 Å². The Hall–Kier alpha value is -2.74. The molecule has 8 heteroatoms. The third-order valence-electron chi connectivity index (χ3n) is 7.65. The van der Waals surface area contributed by atoms with Gasteiger partial charge in [0.05, 0.1) is 0 Å². The van der Waals surface area contributed by atoms with E-state index < -0.39 is 0 Å².